The highest BCUT2D eigenvalue weighted by molar-refractivity contribution is 7.97. The fraction of sp³-hybridized carbons (Fsp3) is 0.458. The number of imidazole rings is 1. The zero-order valence-corrected chi connectivity index (χ0v) is 20.8. The largest absolute Gasteiger partial charge is 0.495 e. The van der Waals surface area contributed by atoms with Gasteiger partial charge in [0.1, 0.15) is 11.4 Å². The van der Waals surface area contributed by atoms with Crippen molar-refractivity contribution < 1.29 is 4.74 Å². The van der Waals surface area contributed by atoms with E-state index in [1.807, 2.05) is 24.1 Å². The third-order valence-electron chi connectivity index (χ3n) is 6.21. The average Bonchev–Trinajstić information content (AvgIpc) is 3.54. The van der Waals surface area contributed by atoms with Crippen LogP contribution in [0.4, 0.5) is 11.4 Å². The van der Waals surface area contributed by atoms with Crippen molar-refractivity contribution in [1.82, 2.24) is 13.7 Å². The highest BCUT2D eigenvalue weighted by Gasteiger charge is 2.28. The predicted octanol–water partition coefficient (Wildman–Crippen LogP) is 4.27. The molecule has 7 nitrogen and oxygen atoms in total. The van der Waals surface area contributed by atoms with Gasteiger partial charge in [-0.25, -0.2) is 9.29 Å². The molecule has 33 heavy (non-hydrogen) atoms. The van der Waals surface area contributed by atoms with Crippen LogP contribution in [0, 0.1) is 6.92 Å². The van der Waals surface area contributed by atoms with Gasteiger partial charge in [0, 0.05) is 68.5 Å². The highest BCUT2D eigenvalue weighted by Crippen LogP contribution is 2.38. The van der Waals surface area contributed by atoms with E-state index in [4.69, 9.17) is 27.1 Å². The fourth-order valence-corrected chi connectivity index (χ4v) is 5.65. The van der Waals surface area contributed by atoms with Gasteiger partial charge < -0.3 is 25.1 Å². The number of halogens is 1. The Morgan fingerprint density at radius 3 is 2.67 bits per heavy atom. The summed E-state index contributed by atoms with van der Waals surface area (Å²) in [7, 11) is 1.63. The molecule has 1 saturated carbocycles. The maximum Gasteiger partial charge on any atom is 0.139 e. The Balaban J connectivity index is 1.46. The van der Waals surface area contributed by atoms with E-state index < -0.39 is 0 Å². The summed E-state index contributed by atoms with van der Waals surface area (Å²) >= 11 is 8.46. The number of anilines is 2. The smallest absolute Gasteiger partial charge is 0.139 e. The van der Waals surface area contributed by atoms with Crippen molar-refractivity contribution >= 4 is 40.6 Å². The number of hydrogen-bond acceptors (Lipinski definition) is 7. The highest BCUT2D eigenvalue weighted by atomic mass is 35.5. The second kappa shape index (κ2) is 9.62. The van der Waals surface area contributed by atoms with Crippen LogP contribution in [0.25, 0.3) is 16.9 Å². The molecule has 1 saturated heterocycles. The first kappa shape index (κ1) is 22.7. The van der Waals surface area contributed by atoms with Gasteiger partial charge in [-0.3, -0.25) is 0 Å². The second-order valence-electron chi connectivity index (χ2n) is 8.70. The lowest BCUT2D eigenvalue weighted by molar-refractivity contribution is 0.415. The second-order valence-corrected chi connectivity index (χ2v) is 10.5. The molecule has 0 spiro atoms. The molecule has 176 valence electrons. The summed E-state index contributed by atoms with van der Waals surface area (Å²) < 4.78 is 9.97. The number of aryl methyl sites for hydroxylation is 1. The zero-order chi connectivity index (χ0) is 22.9. The van der Waals surface area contributed by atoms with E-state index in [-0.39, 0.29) is 0 Å². The minimum atomic E-state index is 0.585. The lowest BCUT2D eigenvalue weighted by Crippen LogP contribution is -2.44. The maximum atomic E-state index is 6.41. The van der Waals surface area contributed by atoms with Crippen LogP contribution in [-0.2, 0) is 0 Å². The van der Waals surface area contributed by atoms with Crippen molar-refractivity contribution in [2.75, 3.05) is 56.6 Å². The number of hydrogen-bond donors (Lipinski definition) is 2. The number of rotatable bonds is 8. The Labute approximate surface area is 204 Å². The van der Waals surface area contributed by atoms with E-state index in [0.29, 0.717) is 17.3 Å². The minimum Gasteiger partial charge on any atom is -0.495 e. The maximum absolute atomic E-state index is 6.41. The van der Waals surface area contributed by atoms with Gasteiger partial charge in [-0.1, -0.05) is 23.5 Å². The third-order valence-corrected chi connectivity index (χ3v) is 7.94. The van der Waals surface area contributed by atoms with E-state index >= 15 is 0 Å². The third kappa shape index (κ3) is 4.89. The molecule has 1 aliphatic carbocycles. The van der Waals surface area contributed by atoms with E-state index in [1.165, 1.54) is 18.5 Å². The molecular formula is C24H31ClN6OS. The molecular weight excluding hydrogens is 456 g/mol. The summed E-state index contributed by atoms with van der Waals surface area (Å²) in [6.45, 7) is 7.53. The number of ether oxygens (including phenoxy) is 1. The minimum absolute atomic E-state index is 0.585. The molecule has 3 aromatic rings. The molecule has 2 fully saturated rings. The van der Waals surface area contributed by atoms with E-state index in [2.05, 4.69) is 44.3 Å². The number of methoxy groups -OCH3 is 1. The van der Waals surface area contributed by atoms with Crippen molar-refractivity contribution in [2.24, 2.45) is 5.73 Å². The van der Waals surface area contributed by atoms with Crippen molar-refractivity contribution in [1.29, 1.82) is 0 Å². The lowest BCUT2D eigenvalue weighted by atomic mass is 10.1. The van der Waals surface area contributed by atoms with Gasteiger partial charge in [-0.2, -0.15) is 0 Å². The first-order chi connectivity index (χ1) is 16.1. The summed E-state index contributed by atoms with van der Waals surface area (Å²) in [5.74, 6) is 0.677. The molecule has 3 N–H and O–H groups in total. The average molecular weight is 487 g/mol. The number of nitrogens with one attached hydrogen (secondary N) is 1. The van der Waals surface area contributed by atoms with Crippen LogP contribution in [0.5, 0.6) is 5.75 Å². The summed E-state index contributed by atoms with van der Waals surface area (Å²) in [6, 6.07) is 6.08. The number of nitrogens with two attached hydrogens (primary N) is 1. The van der Waals surface area contributed by atoms with Crippen molar-refractivity contribution in [3.63, 3.8) is 0 Å². The van der Waals surface area contributed by atoms with Crippen LogP contribution >= 0.6 is 23.5 Å². The first-order valence-electron chi connectivity index (χ1n) is 11.5. The molecule has 9 heteroatoms. The SMILES string of the molecule is COc1cc(C)c(-c2cn3cc(NCCN)c(N4CCN(SC5CC5)CC4)cc3n2)cc1Cl. The van der Waals surface area contributed by atoms with Gasteiger partial charge in [0.2, 0.25) is 0 Å². The van der Waals surface area contributed by atoms with Gasteiger partial charge >= 0.3 is 0 Å². The zero-order valence-electron chi connectivity index (χ0n) is 19.2. The molecule has 0 radical (unpaired) electrons. The van der Waals surface area contributed by atoms with E-state index in [1.54, 1.807) is 7.11 Å². The normalized spacial score (nSPS) is 17.0. The summed E-state index contributed by atoms with van der Waals surface area (Å²) in [5, 5.41) is 4.96. The summed E-state index contributed by atoms with van der Waals surface area (Å²) in [4.78, 5) is 7.41. The van der Waals surface area contributed by atoms with Crippen molar-refractivity contribution in [2.45, 2.75) is 25.0 Å². The Morgan fingerprint density at radius 2 is 1.97 bits per heavy atom. The van der Waals surface area contributed by atoms with E-state index in [9.17, 15) is 0 Å². The van der Waals surface area contributed by atoms with Crippen LogP contribution < -0.4 is 20.7 Å². The van der Waals surface area contributed by atoms with Crippen molar-refractivity contribution in [3.05, 3.63) is 41.2 Å². The molecule has 0 amide bonds. The van der Waals surface area contributed by atoms with Gasteiger partial charge in [0.25, 0.3) is 0 Å². The standard InChI is InChI=1S/C24H31ClN6OS/c1-16-11-23(32-2)19(25)12-18(16)20-14-30-15-21(27-6-5-26)22(13-24(30)28-20)29-7-9-31(10-8-29)33-17-3-4-17/h11-15,17,27H,3-10,26H2,1-2H3. The summed E-state index contributed by atoms with van der Waals surface area (Å²) in [5.41, 5.74) is 12.0. The van der Waals surface area contributed by atoms with Crippen LogP contribution in [0.3, 0.4) is 0 Å². The quantitative estimate of drug-likeness (QED) is 0.460. The Morgan fingerprint density at radius 1 is 1.18 bits per heavy atom. The predicted molar refractivity (Wildman–Crippen MR) is 139 cm³/mol. The molecule has 3 heterocycles. The van der Waals surface area contributed by atoms with Gasteiger partial charge in [-0.15, -0.1) is 0 Å². The van der Waals surface area contributed by atoms with Crippen LogP contribution in [0.2, 0.25) is 5.02 Å². The first-order valence-corrected chi connectivity index (χ1v) is 12.7. The molecule has 0 unspecified atom stereocenters. The number of pyridine rings is 1. The summed E-state index contributed by atoms with van der Waals surface area (Å²) in [6.07, 6.45) is 6.93. The Hall–Kier alpha value is -2.13. The number of benzene rings is 1. The van der Waals surface area contributed by atoms with Crippen LogP contribution in [0.1, 0.15) is 18.4 Å². The molecule has 0 bridgehead atoms. The fourth-order valence-electron chi connectivity index (χ4n) is 4.26. The molecule has 0 atom stereocenters. The molecule has 1 aliphatic heterocycles. The number of aromatic nitrogens is 2. The van der Waals surface area contributed by atoms with E-state index in [0.717, 1.165) is 66.1 Å². The molecule has 2 aliphatic rings. The molecule has 5 rings (SSSR count). The molecule has 2 aromatic heterocycles. The van der Waals surface area contributed by atoms with Gasteiger partial charge in [0.05, 0.1) is 29.2 Å². The number of fused-ring (bicyclic) bond motifs is 1. The molecule has 1 aromatic carbocycles. The lowest BCUT2D eigenvalue weighted by Gasteiger charge is -2.36. The monoisotopic (exact) mass is 486 g/mol. The number of nitrogens with zero attached hydrogens (tertiary/aromatic N) is 4. The topological polar surface area (TPSA) is 71.1 Å². The van der Waals surface area contributed by atoms with Gasteiger partial charge in [-0.05, 0) is 37.5 Å². The Kier molecular flexibility index (Phi) is 6.60. The van der Waals surface area contributed by atoms with Crippen molar-refractivity contribution in [3.8, 4) is 17.0 Å². The van der Waals surface area contributed by atoms with Crippen LogP contribution in [0.15, 0.2) is 30.6 Å². The van der Waals surface area contributed by atoms with Gasteiger partial charge in [0.15, 0.2) is 0 Å². The van der Waals surface area contributed by atoms with Crippen LogP contribution in [-0.4, -0.2) is 65.3 Å². The Bertz CT molecular complexity index is 1140. The number of piperazine rings is 1.